The molecule has 0 radical (unpaired) electrons. The molecule has 2 saturated heterocycles. The third kappa shape index (κ3) is 8.63. The van der Waals surface area contributed by atoms with Crippen LogP contribution in [0.15, 0.2) is 23.3 Å². The minimum Gasteiger partial charge on any atom is -0.357 e. The predicted octanol–water partition coefficient (Wildman–Crippen LogP) is 3.63. The number of pyridine rings is 1. The largest absolute Gasteiger partial charge is 0.401 e. The minimum absolute atomic E-state index is 0. The van der Waals surface area contributed by atoms with Crippen molar-refractivity contribution in [2.24, 2.45) is 10.9 Å². The molecule has 0 spiro atoms. The second-order valence-corrected chi connectivity index (χ2v) is 8.37. The fraction of sp³-hybridized carbons (Fsp3) is 0.714. The lowest BCUT2D eigenvalue weighted by molar-refractivity contribution is -0.143. The molecule has 2 aliphatic rings. The summed E-state index contributed by atoms with van der Waals surface area (Å²) >= 11 is 0. The van der Waals surface area contributed by atoms with Crippen LogP contribution < -0.4 is 15.5 Å². The van der Waals surface area contributed by atoms with Gasteiger partial charge in [-0.2, -0.15) is 13.2 Å². The number of nitrogens with zero attached hydrogens (tertiary/aromatic N) is 4. The van der Waals surface area contributed by atoms with E-state index in [2.05, 4.69) is 32.4 Å². The van der Waals surface area contributed by atoms with E-state index < -0.39 is 12.7 Å². The van der Waals surface area contributed by atoms with Gasteiger partial charge in [0.25, 0.3) is 0 Å². The summed E-state index contributed by atoms with van der Waals surface area (Å²) in [5.41, 5.74) is 1.01. The highest BCUT2D eigenvalue weighted by molar-refractivity contribution is 14.0. The number of likely N-dealkylation sites (tertiary alicyclic amines) is 1. The van der Waals surface area contributed by atoms with E-state index in [-0.39, 0.29) is 30.0 Å². The minimum atomic E-state index is -4.15. The zero-order valence-corrected chi connectivity index (χ0v) is 20.6. The van der Waals surface area contributed by atoms with Crippen LogP contribution in [0.3, 0.4) is 0 Å². The van der Waals surface area contributed by atoms with E-state index in [9.17, 15) is 13.2 Å². The Bertz CT molecular complexity index is 689. The van der Waals surface area contributed by atoms with Crippen LogP contribution in [-0.4, -0.2) is 67.3 Å². The van der Waals surface area contributed by atoms with Crippen molar-refractivity contribution >= 4 is 35.8 Å². The number of aliphatic imine (C=N–C) groups is 1. The molecule has 2 fully saturated rings. The number of nitrogens with one attached hydrogen (secondary N) is 2. The number of alkyl halides is 3. The molecule has 3 rings (SSSR count). The van der Waals surface area contributed by atoms with Gasteiger partial charge in [-0.15, -0.1) is 24.0 Å². The average Bonchev–Trinajstić information content (AvgIpc) is 3.12. The molecule has 0 amide bonds. The molecule has 0 saturated carbocycles. The predicted molar refractivity (Wildman–Crippen MR) is 129 cm³/mol. The molecule has 176 valence electrons. The Morgan fingerprint density at radius 2 is 1.94 bits per heavy atom. The van der Waals surface area contributed by atoms with Gasteiger partial charge in [-0.05, 0) is 43.7 Å². The van der Waals surface area contributed by atoms with Crippen LogP contribution in [0.1, 0.15) is 38.7 Å². The lowest BCUT2D eigenvalue weighted by Crippen LogP contribution is -2.45. The van der Waals surface area contributed by atoms with E-state index in [0.717, 1.165) is 30.4 Å². The van der Waals surface area contributed by atoms with Crippen molar-refractivity contribution in [2.45, 2.75) is 51.9 Å². The van der Waals surface area contributed by atoms with Gasteiger partial charge in [-0.1, -0.05) is 13.0 Å². The van der Waals surface area contributed by atoms with Crippen molar-refractivity contribution in [2.75, 3.05) is 44.2 Å². The van der Waals surface area contributed by atoms with Crippen molar-refractivity contribution in [3.05, 3.63) is 23.9 Å². The van der Waals surface area contributed by atoms with Gasteiger partial charge in [0.05, 0.1) is 13.1 Å². The van der Waals surface area contributed by atoms with E-state index in [1.54, 1.807) is 0 Å². The van der Waals surface area contributed by atoms with Crippen LogP contribution in [0.4, 0.5) is 19.0 Å². The van der Waals surface area contributed by atoms with E-state index in [4.69, 9.17) is 0 Å². The summed E-state index contributed by atoms with van der Waals surface area (Å²) in [6.07, 6.45) is 0.783. The molecule has 1 aromatic rings. The maximum absolute atomic E-state index is 12.6. The first-order chi connectivity index (χ1) is 14.3. The van der Waals surface area contributed by atoms with E-state index >= 15 is 0 Å². The number of anilines is 1. The maximum atomic E-state index is 12.6. The van der Waals surface area contributed by atoms with Crippen LogP contribution in [0.5, 0.6) is 0 Å². The van der Waals surface area contributed by atoms with Crippen LogP contribution in [0, 0.1) is 5.92 Å². The molecule has 1 atom stereocenters. The van der Waals surface area contributed by atoms with Crippen LogP contribution in [-0.2, 0) is 6.54 Å². The first kappa shape index (κ1) is 26.0. The number of halogens is 4. The lowest BCUT2D eigenvalue weighted by Gasteiger charge is -2.31. The molecule has 1 aromatic heterocycles. The van der Waals surface area contributed by atoms with Crippen molar-refractivity contribution in [1.29, 1.82) is 0 Å². The molecule has 6 nitrogen and oxygen atoms in total. The molecule has 3 heterocycles. The average molecular weight is 554 g/mol. The molecular weight excluding hydrogens is 520 g/mol. The molecule has 0 aromatic carbocycles. The number of aromatic nitrogens is 1. The summed E-state index contributed by atoms with van der Waals surface area (Å²) in [4.78, 5) is 13.0. The topological polar surface area (TPSA) is 55.8 Å². The second kappa shape index (κ2) is 12.1. The summed E-state index contributed by atoms with van der Waals surface area (Å²) in [6.45, 7) is 7.48. The maximum Gasteiger partial charge on any atom is 0.401 e. The van der Waals surface area contributed by atoms with Crippen molar-refractivity contribution < 1.29 is 13.2 Å². The second-order valence-electron chi connectivity index (χ2n) is 8.37. The number of guanidine groups is 1. The quantitative estimate of drug-likeness (QED) is 0.320. The normalized spacial score (nSPS) is 21.1. The highest BCUT2D eigenvalue weighted by Crippen LogP contribution is 2.22. The Morgan fingerprint density at radius 1 is 1.19 bits per heavy atom. The first-order valence-electron chi connectivity index (χ1n) is 10.9. The number of hydrogen-bond donors (Lipinski definition) is 2. The van der Waals surface area contributed by atoms with Crippen molar-refractivity contribution in [1.82, 2.24) is 20.5 Å². The van der Waals surface area contributed by atoms with Gasteiger partial charge in [0.1, 0.15) is 5.82 Å². The Hall–Kier alpha value is -1.30. The van der Waals surface area contributed by atoms with Gasteiger partial charge in [0.15, 0.2) is 5.96 Å². The molecule has 10 heteroatoms. The highest BCUT2D eigenvalue weighted by atomic mass is 127. The Labute approximate surface area is 200 Å². The zero-order chi connectivity index (χ0) is 21.6. The summed E-state index contributed by atoms with van der Waals surface area (Å²) in [5, 5.41) is 6.45. The van der Waals surface area contributed by atoms with Gasteiger partial charge in [-0.3, -0.25) is 4.90 Å². The first-order valence-corrected chi connectivity index (χ1v) is 10.9. The van der Waals surface area contributed by atoms with E-state index in [1.807, 2.05) is 25.3 Å². The Balaban J connectivity index is 0.00000341. The van der Waals surface area contributed by atoms with Crippen molar-refractivity contribution in [3.8, 4) is 0 Å². The van der Waals surface area contributed by atoms with Crippen LogP contribution in [0.25, 0.3) is 0 Å². The smallest absolute Gasteiger partial charge is 0.357 e. The van der Waals surface area contributed by atoms with Gasteiger partial charge in [-0.25, -0.2) is 9.98 Å². The summed E-state index contributed by atoms with van der Waals surface area (Å²) in [7, 11) is 0. The van der Waals surface area contributed by atoms with Gasteiger partial charge in [0, 0.05) is 45.0 Å². The van der Waals surface area contributed by atoms with E-state index in [1.165, 1.54) is 17.7 Å². The van der Waals surface area contributed by atoms with Gasteiger partial charge >= 0.3 is 6.18 Å². The summed E-state index contributed by atoms with van der Waals surface area (Å²) < 4.78 is 37.8. The number of piperidine rings is 1. The molecule has 2 aliphatic heterocycles. The Kier molecular flexibility index (Phi) is 10.1. The SMILES string of the molecule is CCNC(=NCc1ccc(N2CCC(C)CC2)nc1)NC1CCN(CC(F)(F)F)C1.I. The fourth-order valence-corrected chi connectivity index (χ4v) is 3.97. The fourth-order valence-electron chi connectivity index (χ4n) is 3.97. The molecule has 2 N–H and O–H groups in total. The third-order valence-electron chi connectivity index (χ3n) is 5.70. The zero-order valence-electron chi connectivity index (χ0n) is 18.3. The van der Waals surface area contributed by atoms with Gasteiger partial charge in [0.2, 0.25) is 0 Å². The summed E-state index contributed by atoms with van der Waals surface area (Å²) in [5.74, 6) is 2.42. The molecular formula is C21H34F3IN6. The van der Waals surface area contributed by atoms with E-state index in [0.29, 0.717) is 38.6 Å². The molecule has 31 heavy (non-hydrogen) atoms. The molecule has 1 unspecified atom stereocenters. The summed E-state index contributed by atoms with van der Waals surface area (Å²) in [6, 6.07) is 4.06. The number of rotatable bonds is 6. The Morgan fingerprint density at radius 3 is 2.55 bits per heavy atom. The number of hydrogen-bond acceptors (Lipinski definition) is 4. The van der Waals surface area contributed by atoms with Crippen LogP contribution >= 0.6 is 24.0 Å². The standard InChI is InChI=1S/C21H33F3N6.HI/c1-3-25-20(28-18-8-9-29(14-18)15-21(22,23)24)27-13-17-4-5-19(26-12-17)30-10-6-16(2)7-11-30;/h4-5,12,16,18H,3,6-11,13-15H2,1-2H3,(H2,25,27,28);1H. The van der Waals surface area contributed by atoms with Gasteiger partial charge < -0.3 is 15.5 Å². The molecule has 0 bridgehead atoms. The lowest BCUT2D eigenvalue weighted by atomic mass is 9.99. The highest BCUT2D eigenvalue weighted by Gasteiger charge is 2.34. The monoisotopic (exact) mass is 554 g/mol. The third-order valence-corrected chi connectivity index (χ3v) is 5.70. The van der Waals surface area contributed by atoms with Crippen LogP contribution in [0.2, 0.25) is 0 Å². The molecule has 0 aliphatic carbocycles. The van der Waals surface area contributed by atoms with Crippen molar-refractivity contribution in [3.63, 3.8) is 0 Å².